The second-order valence-electron chi connectivity index (χ2n) is 7.62. The molecule has 0 radical (unpaired) electrons. The first-order chi connectivity index (χ1) is 11.7. The predicted octanol–water partition coefficient (Wildman–Crippen LogP) is 1.54. The molecule has 6 heteroatoms. The van der Waals surface area contributed by atoms with Gasteiger partial charge < -0.3 is 14.5 Å². The van der Waals surface area contributed by atoms with Crippen molar-refractivity contribution in [1.82, 2.24) is 14.9 Å². The second-order valence-corrected chi connectivity index (χ2v) is 7.62. The van der Waals surface area contributed by atoms with Crippen molar-refractivity contribution in [2.45, 2.75) is 32.2 Å². The number of fused-ring (bicyclic) bond motifs is 3. The van der Waals surface area contributed by atoms with Crippen LogP contribution < -0.4 is 9.80 Å². The van der Waals surface area contributed by atoms with Gasteiger partial charge in [0.15, 0.2) is 0 Å². The molecule has 24 heavy (non-hydrogen) atoms. The van der Waals surface area contributed by atoms with Crippen LogP contribution in [0.4, 0.5) is 11.8 Å². The van der Waals surface area contributed by atoms with Gasteiger partial charge in [0.25, 0.3) is 0 Å². The lowest BCUT2D eigenvalue weighted by Crippen LogP contribution is -2.42. The van der Waals surface area contributed by atoms with E-state index in [9.17, 15) is 0 Å². The highest BCUT2D eigenvalue weighted by molar-refractivity contribution is 5.46. The molecular weight excluding hydrogens is 302 g/mol. The highest BCUT2D eigenvalue weighted by Crippen LogP contribution is 2.25. The first-order valence-electron chi connectivity index (χ1n) is 9.32. The minimum Gasteiger partial charge on any atom is -0.379 e. The van der Waals surface area contributed by atoms with E-state index in [1.54, 1.807) is 0 Å². The molecule has 0 aliphatic carbocycles. The van der Waals surface area contributed by atoms with Crippen LogP contribution in [-0.2, 0) is 4.74 Å². The van der Waals surface area contributed by atoms with Crippen molar-refractivity contribution in [2.75, 3.05) is 62.8 Å². The average molecular weight is 331 g/mol. The smallest absolute Gasteiger partial charge is 0.227 e. The van der Waals surface area contributed by atoms with E-state index in [4.69, 9.17) is 14.7 Å². The summed E-state index contributed by atoms with van der Waals surface area (Å²) in [5.41, 5.74) is 1.07. The third kappa shape index (κ3) is 3.35. The number of hydrogen-bond acceptors (Lipinski definition) is 6. The zero-order valence-electron chi connectivity index (χ0n) is 14.9. The summed E-state index contributed by atoms with van der Waals surface area (Å²) < 4.78 is 5.85. The van der Waals surface area contributed by atoms with Crippen LogP contribution in [0.1, 0.15) is 25.0 Å². The third-order valence-electron chi connectivity index (χ3n) is 5.53. The van der Waals surface area contributed by atoms with Crippen LogP contribution >= 0.6 is 0 Å². The van der Waals surface area contributed by atoms with Gasteiger partial charge in [-0.3, -0.25) is 4.90 Å². The Bertz CT molecular complexity index is 575. The van der Waals surface area contributed by atoms with Gasteiger partial charge in [-0.2, -0.15) is 4.98 Å². The molecule has 2 atom stereocenters. The molecule has 4 rings (SSSR count). The van der Waals surface area contributed by atoms with E-state index in [0.29, 0.717) is 12.0 Å². The summed E-state index contributed by atoms with van der Waals surface area (Å²) in [6, 6.07) is 2.60. The summed E-state index contributed by atoms with van der Waals surface area (Å²) >= 11 is 0. The molecule has 1 aromatic heterocycles. The van der Waals surface area contributed by atoms with Crippen molar-refractivity contribution in [2.24, 2.45) is 5.92 Å². The van der Waals surface area contributed by atoms with Crippen LogP contribution in [0.15, 0.2) is 6.07 Å². The Morgan fingerprint density at radius 1 is 1.00 bits per heavy atom. The number of nitrogens with zero attached hydrogens (tertiary/aromatic N) is 5. The Kier molecular flexibility index (Phi) is 4.59. The van der Waals surface area contributed by atoms with E-state index in [0.717, 1.165) is 63.4 Å². The molecule has 3 saturated heterocycles. The van der Waals surface area contributed by atoms with Gasteiger partial charge in [-0.15, -0.1) is 0 Å². The molecule has 0 saturated carbocycles. The van der Waals surface area contributed by atoms with Crippen molar-refractivity contribution in [3.8, 4) is 0 Å². The Morgan fingerprint density at radius 3 is 2.67 bits per heavy atom. The molecule has 0 N–H and O–H groups in total. The van der Waals surface area contributed by atoms with Gasteiger partial charge in [0.05, 0.1) is 19.3 Å². The second kappa shape index (κ2) is 6.84. The summed E-state index contributed by atoms with van der Waals surface area (Å²) in [6.07, 6.45) is 3.84. The quantitative estimate of drug-likeness (QED) is 0.819. The molecule has 4 heterocycles. The molecule has 0 amide bonds. The normalized spacial score (nSPS) is 28.8. The number of likely N-dealkylation sites (N-methyl/N-ethyl adjacent to an activating group) is 1. The average Bonchev–Trinajstić information content (AvgIpc) is 2.83. The van der Waals surface area contributed by atoms with E-state index in [-0.39, 0.29) is 0 Å². The van der Waals surface area contributed by atoms with Crippen molar-refractivity contribution in [1.29, 1.82) is 0 Å². The summed E-state index contributed by atoms with van der Waals surface area (Å²) in [5, 5.41) is 0. The molecule has 6 nitrogen and oxygen atoms in total. The largest absolute Gasteiger partial charge is 0.379 e. The number of hydrogen-bond donors (Lipinski definition) is 0. The van der Waals surface area contributed by atoms with Gasteiger partial charge in [0, 0.05) is 50.4 Å². The summed E-state index contributed by atoms with van der Waals surface area (Å²) in [4.78, 5) is 16.9. The fourth-order valence-electron chi connectivity index (χ4n) is 4.17. The Hall–Kier alpha value is -1.40. The van der Waals surface area contributed by atoms with E-state index in [1.807, 2.05) is 0 Å². The molecule has 132 valence electrons. The number of anilines is 2. The molecule has 3 aliphatic heterocycles. The highest BCUT2D eigenvalue weighted by Gasteiger charge is 2.32. The van der Waals surface area contributed by atoms with Gasteiger partial charge in [0.2, 0.25) is 5.95 Å². The molecule has 2 bridgehead atoms. The summed E-state index contributed by atoms with van der Waals surface area (Å²) in [5.74, 6) is 2.56. The zero-order valence-corrected chi connectivity index (χ0v) is 14.9. The minimum absolute atomic E-state index is 0.450. The maximum Gasteiger partial charge on any atom is 0.227 e. The lowest BCUT2D eigenvalue weighted by atomic mass is 10.1. The maximum atomic E-state index is 5.85. The van der Waals surface area contributed by atoms with E-state index >= 15 is 0 Å². The predicted molar refractivity (Wildman–Crippen MR) is 95.8 cm³/mol. The number of piperidine rings is 1. The van der Waals surface area contributed by atoms with Crippen molar-refractivity contribution >= 4 is 11.8 Å². The van der Waals surface area contributed by atoms with Crippen LogP contribution in [0.2, 0.25) is 0 Å². The first-order valence-corrected chi connectivity index (χ1v) is 9.32. The van der Waals surface area contributed by atoms with E-state index in [1.165, 1.54) is 19.3 Å². The lowest BCUT2D eigenvalue weighted by Gasteiger charge is -2.32. The van der Waals surface area contributed by atoms with E-state index < -0.39 is 0 Å². The van der Waals surface area contributed by atoms with Gasteiger partial charge in [-0.25, -0.2) is 4.98 Å². The SMILES string of the molecule is Cc1cc(N2C[C@@H]3COC[C@H](C2)N(C)C3)nc(N2CCCCC2)n1. The fourth-order valence-corrected chi connectivity index (χ4v) is 4.17. The van der Waals surface area contributed by atoms with Gasteiger partial charge in [0.1, 0.15) is 5.82 Å². The molecule has 0 spiro atoms. The summed E-state index contributed by atoms with van der Waals surface area (Å²) in [7, 11) is 2.22. The van der Waals surface area contributed by atoms with Gasteiger partial charge in [-0.05, 0) is 33.2 Å². The minimum atomic E-state index is 0.450. The molecule has 1 aromatic rings. The third-order valence-corrected chi connectivity index (χ3v) is 5.53. The molecule has 0 aromatic carbocycles. The van der Waals surface area contributed by atoms with Crippen LogP contribution in [0.3, 0.4) is 0 Å². The molecule has 0 unspecified atom stereocenters. The monoisotopic (exact) mass is 331 g/mol. The van der Waals surface area contributed by atoms with Crippen LogP contribution in [-0.4, -0.2) is 73.9 Å². The van der Waals surface area contributed by atoms with Crippen LogP contribution in [0.5, 0.6) is 0 Å². The van der Waals surface area contributed by atoms with Gasteiger partial charge in [-0.1, -0.05) is 0 Å². The maximum absolute atomic E-state index is 5.85. The fraction of sp³-hybridized carbons (Fsp3) is 0.778. The van der Waals surface area contributed by atoms with Gasteiger partial charge >= 0.3 is 0 Å². The van der Waals surface area contributed by atoms with Crippen molar-refractivity contribution in [3.05, 3.63) is 11.8 Å². The van der Waals surface area contributed by atoms with E-state index in [2.05, 4.69) is 34.7 Å². The molecule has 3 aliphatic rings. The van der Waals surface area contributed by atoms with Crippen molar-refractivity contribution < 1.29 is 4.74 Å². The standard InChI is InChI=1S/C18H29N5O/c1-14-8-17(20-18(19-14)22-6-4-3-5-7-22)23-10-15-9-21(2)16(11-23)13-24-12-15/h8,15-16H,3-7,9-13H2,1-2H3/t15-,16+/m1/s1. The van der Waals surface area contributed by atoms with Crippen molar-refractivity contribution in [3.63, 3.8) is 0 Å². The Balaban J connectivity index is 1.60. The number of rotatable bonds is 2. The lowest BCUT2D eigenvalue weighted by molar-refractivity contribution is 0.0930. The number of aromatic nitrogens is 2. The topological polar surface area (TPSA) is 44.7 Å². The first kappa shape index (κ1) is 16.1. The summed E-state index contributed by atoms with van der Waals surface area (Å²) in [6.45, 7) is 9.08. The molecule has 3 fully saturated rings. The molecular formula is C18H29N5O. The zero-order chi connectivity index (χ0) is 16.5. The van der Waals surface area contributed by atoms with Crippen LogP contribution in [0.25, 0.3) is 0 Å². The Morgan fingerprint density at radius 2 is 1.83 bits per heavy atom. The van der Waals surface area contributed by atoms with Crippen LogP contribution in [0, 0.1) is 12.8 Å². The highest BCUT2D eigenvalue weighted by atomic mass is 16.5. The number of ether oxygens (including phenoxy) is 1. The Labute approximate surface area is 144 Å². The number of aryl methyl sites for hydroxylation is 1.